The lowest BCUT2D eigenvalue weighted by Gasteiger charge is -2.40. The van der Waals surface area contributed by atoms with Gasteiger partial charge >= 0.3 is 6.09 Å². The molecule has 5 heteroatoms. The lowest BCUT2D eigenvalue weighted by Crippen LogP contribution is -2.45. The number of carboxylic acid groups (broad SMARTS) is 1. The van der Waals surface area contributed by atoms with Crippen molar-refractivity contribution in [3.63, 3.8) is 0 Å². The van der Waals surface area contributed by atoms with E-state index in [9.17, 15) is 4.79 Å². The van der Waals surface area contributed by atoms with Gasteiger partial charge < -0.3 is 16.2 Å². The summed E-state index contributed by atoms with van der Waals surface area (Å²) < 4.78 is 0. The third-order valence-corrected chi connectivity index (χ3v) is 4.24. The van der Waals surface area contributed by atoms with Gasteiger partial charge in [-0.15, -0.1) is 0 Å². The van der Waals surface area contributed by atoms with E-state index < -0.39 is 6.09 Å². The molecule has 1 aromatic carbocycles. The minimum atomic E-state index is -0.990. The van der Waals surface area contributed by atoms with Crippen LogP contribution in [0.15, 0.2) is 24.3 Å². The largest absolute Gasteiger partial charge is 0.465 e. The Labute approximate surface area is 117 Å². The first-order chi connectivity index (χ1) is 9.02. The molecular weight excluding hydrogens is 264 g/mol. The average Bonchev–Trinajstić information content (AvgIpc) is 2.38. The average molecular weight is 283 g/mol. The van der Waals surface area contributed by atoms with E-state index in [1.807, 2.05) is 24.3 Å². The van der Waals surface area contributed by atoms with Gasteiger partial charge in [0, 0.05) is 23.0 Å². The molecule has 1 saturated carbocycles. The Morgan fingerprint density at radius 3 is 2.74 bits per heavy atom. The quantitative estimate of drug-likeness (QED) is 0.798. The highest BCUT2D eigenvalue weighted by molar-refractivity contribution is 6.30. The molecule has 0 aromatic heterocycles. The number of nitrogens with two attached hydrogens (primary N) is 1. The van der Waals surface area contributed by atoms with E-state index in [2.05, 4.69) is 5.32 Å². The number of halogens is 1. The van der Waals surface area contributed by atoms with Crippen molar-refractivity contribution in [3.05, 3.63) is 34.9 Å². The van der Waals surface area contributed by atoms with Crippen molar-refractivity contribution < 1.29 is 9.90 Å². The highest BCUT2D eigenvalue weighted by Gasteiger charge is 2.36. The van der Waals surface area contributed by atoms with E-state index in [0.717, 1.165) is 31.2 Å². The van der Waals surface area contributed by atoms with Gasteiger partial charge in [0.15, 0.2) is 0 Å². The van der Waals surface area contributed by atoms with Gasteiger partial charge in [0.1, 0.15) is 0 Å². The van der Waals surface area contributed by atoms with Crippen LogP contribution in [0.5, 0.6) is 0 Å². The van der Waals surface area contributed by atoms with Crippen LogP contribution in [0.1, 0.15) is 31.2 Å². The molecule has 0 spiro atoms. The Kier molecular flexibility index (Phi) is 4.32. The predicted octanol–water partition coefficient (Wildman–Crippen LogP) is 2.75. The molecule has 1 aliphatic carbocycles. The number of nitrogens with one attached hydrogen (secondary N) is 1. The summed E-state index contributed by atoms with van der Waals surface area (Å²) >= 11 is 6.06. The Morgan fingerprint density at radius 1 is 1.47 bits per heavy atom. The van der Waals surface area contributed by atoms with Crippen LogP contribution < -0.4 is 11.1 Å². The molecule has 0 atom stereocenters. The molecule has 2 rings (SSSR count). The summed E-state index contributed by atoms with van der Waals surface area (Å²) in [6, 6.07) is 7.91. The van der Waals surface area contributed by atoms with Crippen molar-refractivity contribution in [2.24, 2.45) is 5.73 Å². The fraction of sp³-hybridized carbons (Fsp3) is 0.500. The molecule has 1 amide bonds. The number of rotatable bonds is 3. The molecule has 1 fully saturated rings. The zero-order valence-corrected chi connectivity index (χ0v) is 11.5. The topological polar surface area (TPSA) is 75.3 Å². The van der Waals surface area contributed by atoms with Crippen LogP contribution in [-0.2, 0) is 5.41 Å². The van der Waals surface area contributed by atoms with Gasteiger partial charge in [0.05, 0.1) is 0 Å². The van der Waals surface area contributed by atoms with Crippen molar-refractivity contribution in [2.75, 3.05) is 6.54 Å². The van der Waals surface area contributed by atoms with Gasteiger partial charge in [-0.05, 0) is 43.4 Å². The third kappa shape index (κ3) is 3.39. The number of hydrogen-bond acceptors (Lipinski definition) is 2. The summed E-state index contributed by atoms with van der Waals surface area (Å²) in [6.07, 6.45) is 2.60. The molecule has 19 heavy (non-hydrogen) atoms. The van der Waals surface area contributed by atoms with Gasteiger partial charge in [-0.2, -0.15) is 0 Å². The lowest BCUT2D eigenvalue weighted by molar-refractivity contribution is 0.185. The van der Waals surface area contributed by atoms with E-state index in [1.165, 1.54) is 0 Å². The van der Waals surface area contributed by atoms with Gasteiger partial charge in [0.2, 0.25) is 0 Å². The lowest BCUT2D eigenvalue weighted by atomic mass is 9.68. The number of amides is 1. The summed E-state index contributed by atoms with van der Waals surface area (Å²) in [5.74, 6) is 0. The standard InChI is InChI=1S/C14H19ClN2O2/c15-11-3-1-2-10(8-11)14(9-17-13(18)19)6-4-12(16)5-7-14/h1-3,8,12,17H,4-7,9,16H2,(H,18,19). The van der Waals surface area contributed by atoms with Gasteiger partial charge in [-0.3, -0.25) is 0 Å². The van der Waals surface area contributed by atoms with Crippen LogP contribution >= 0.6 is 11.6 Å². The second-order valence-electron chi connectivity index (χ2n) is 5.29. The maximum Gasteiger partial charge on any atom is 0.404 e. The molecule has 1 aromatic rings. The van der Waals surface area contributed by atoms with Crippen molar-refractivity contribution >= 4 is 17.7 Å². The number of hydrogen-bond donors (Lipinski definition) is 3. The normalized spacial score (nSPS) is 26.9. The predicted molar refractivity (Wildman–Crippen MR) is 75.6 cm³/mol. The molecule has 4 N–H and O–H groups in total. The van der Waals surface area contributed by atoms with Crippen molar-refractivity contribution in [2.45, 2.75) is 37.1 Å². The van der Waals surface area contributed by atoms with Gasteiger partial charge in [-0.1, -0.05) is 23.7 Å². The van der Waals surface area contributed by atoms with Gasteiger partial charge in [-0.25, -0.2) is 4.79 Å². The number of benzene rings is 1. The van der Waals surface area contributed by atoms with Crippen LogP contribution in [0.4, 0.5) is 4.79 Å². The Morgan fingerprint density at radius 2 is 2.16 bits per heavy atom. The summed E-state index contributed by atoms with van der Waals surface area (Å²) in [6.45, 7) is 0.412. The molecule has 0 heterocycles. The Balaban J connectivity index is 2.25. The first-order valence-electron chi connectivity index (χ1n) is 6.50. The summed E-state index contributed by atoms with van der Waals surface area (Å²) in [4.78, 5) is 10.8. The minimum Gasteiger partial charge on any atom is -0.465 e. The summed E-state index contributed by atoms with van der Waals surface area (Å²) in [5.41, 5.74) is 6.87. The molecule has 0 aliphatic heterocycles. The Hall–Kier alpha value is -1.26. The molecule has 104 valence electrons. The monoisotopic (exact) mass is 282 g/mol. The summed E-state index contributed by atoms with van der Waals surface area (Å²) in [7, 11) is 0. The molecule has 0 saturated heterocycles. The zero-order valence-electron chi connectivity index (χ0n) is 10.7. The molecule has 0 bridgehead atoms. The molecule has 0 unspecified atom stereocenters. The highest BCUT2D eigenvalue weighted by Crippen LogP contribution is 2.39. The maximum absolute atomic E-state index is 10.8. The van der Waals surface area contributed by atoms with Crippen LogP contribution in [0.25, 0.3) is 0 Å². The maximum atomic E-state index is 10.8. The van der Waals surface area contributed by atoms with Gasteiger partial charge in [0.25, 0.3) is 0 Å². The van der Waals surface area contributed by atoms with Crippen LogP contribution in [0, 0.1) is 0 Å². The first kappa shape index (κ1) is 14.2. The summed E-state index contributed by atoms with van der Waals surface area (Å²) in [5, 5.41) is 12.1. The van der Waals surface area contributed by atoms with E-state index in [1.54, 1.807) is 0 Å². The fourth-order valence-electron chi connectivity index (χ4n) is 2.82. The van der Waals surface area contributed by atoms with E-state index >= 15 is 0 Å². The van der Waals surface area contributed by atoms with E-state index in [-0.39, 0.29) is 11.5 Å². The zero-order chi connectivity index (χ0) is 13.9. The molecule has 0 radical (unpaired) electrons. The van der Waals surface area contributed by atoms with E-state index in [0.29, 0.717) is 11.6 Å². The molecule has 1 aliphatic rings. The van der Waals surface area contributed by atoms with Crippen LogP contribution in [0.2, 0.25) is 5.02 Å². The second kappa shape index (κ2) is 5.80. The van der Waals surface area contributed by atoms with E-state index in [4.69, 9.17) is 22.4 Å². The SMILES string of the molecule is NC1CCC(CNC(=O)O)(c2cccc(Cl)c2)CC1. The minimum absolute atomic E-state index is 0.181. The second-order valence-corrected chi connectivity index (χ2v) is 5.72. The molecular formula is C14H19ClN2O2. The highest BCUT2D eigenvalue weighted by atomic mass is 35.5. The fourth-order valence-corrected chi connectivity index (χ4v) is 3.01. The molecule has 4 nitrogen and oxygen atoms in total. The van der Waals surface area contributed by atoms with Crippen molar-refractivity contribution in [1.29, 1.82) is 0 Å². The third-order valence-electron chi connectivity index (χ3n) is 4.00. The van der Waals surface area contributed by atoms with Crippen LogP contribution in [-0.4, -0.2) is 23.8 Å². The Bertz CT molecular complexity index is 457. The first-order valence-corrected chi connectivity index (χ1v) is 6.88. The van der Waals surface area contributed by atoms with Crippen molar-refractivity contribution in [3.8, 4) is 0 Å². The van der Waals surface area contributed by atoms with Crippen LogP contribution in [0.3, 0.4) is 0 Å². The number of carbonyl (C=O) groups is 1. The smallest absolute Gasteiger partial charge is 0.404 e. The van der Waals surface area contributed by atoms with Crippen molar-refractivity contribution in [1.82, 2.24) is 5.32 Å².